The minimum atomic E-state index is -1.95. The van der Waals surface area contributed by atoms with Gasteiger partial charge >= 0.3 is 0 Å². The van der Waals surface area contributed by atoms with Gasteiger partial charge in [0.2, 0.25) is 5.78 Å². The molecule has 0 atom stereocenters. The molecule has 0 N–H and O–H groups in total. The first-order valence-corrected chi connectivity index (χ1v) is 29.8. The van der Waals surface area contributed by atoms with Crippen LogP contribution in [0.5, 0.6) is 0 Å². The topological polar surface area (TPSA) is 103 Å². The van der Waals surface area contributed by atoms with Gasteiger partial charge in [-0.1, -0.05) is 64.2 Å². The van der Waals surface area contributed by atoms with Crippen molar-refractivity contribution in [3.05, 3.63) is 70.3 Å². The lowest BCUT2D eigenvalue weighted by molar-refractivity contribution is 0.103. The number of anilines is 2. The molecule has 6 aromatic rings. The van der Waals surface area contributed by atoms with E-state index >= 15 is 4.79 Å². The maximum Gasteiger partial charge on any atom is 0.200 e. The molecule has 0 aromatic carbocycles. The van der Waals surface area contributed by atoms with E-state index in [9.17, 15) is 0 Å². The van der Waals surface area contributed by atoms with Crippen molar-refractivity contribution in [2.75, 3.05) is 36.0 Å². The average molecular weight is 911 g/mol. The third-order valence-electron chi connectivity index (χ3n) is 14.1. The molecular formula is C47H66N8O3S2Si2. The molecule has 0 saturated carbocycles. The van der Waals surface area contributed by atoms with Crippen LogP contribution in [0.25, 0.3) is 31.0 Å². The van der Waals surface area contributed by atoms with Crippen molar-refractivity contribution in [1.29, 1.82) is 0 Å². The highest BCUT2D eigenvalue weighted by Gasteiger charge is 2.42. The highest BCUT2D eigenvalue weighted by atomic mass is 32.1. The lowest BCUT2D eigenvalue weighted by Gasteiger charge is -2.42. The predicted octanol–water partition coefficient (Wildman–Crippen LogP) is 11.7. The van der Waals surface area contributed by atoms with E-state index in [0.29, 0.717) is 34.1 Å². The molecule has 0 radical (unpaired) electrons. The van der Waals surface area contributed by atoms with E-state index in [1.165, 1.54) is 0 Å². The molecule has 11 nitrogen and oxygen atoms in total. The summed E-state index contributed by atoms with van der Waals surface area (Å²) in [5, 5.41) is 1.97. The molecule has 332 valence electrons. The Morgan fingerprint density at radius 1 is 0.581 bits per heavy atom. The van der Waals surface area contributed by atoms with Crippen LogP contribution in [0, 0.1) is 27.7 Å². The zero-order valence-electron chi connectivity index (χ0n) is 39.4. The summed E-state index contributed by atoms with van der Waals surface area (Å²) in [5.41, 5.74) is 6.92. The van der Waals surface area contributed by atoms with Crippen LogP contribution in [0.2, 0.25) is 36.3 Å². The number of thiazole rings is 2. The minimum Gasteiger partial charge on any atom is -0.414 e. The number of aryl methyl sites for hydroxylation is 4. The van der Waals surface area contributed by atoms with Crippen LogP contribution in [-0.2, 0) is 8.85 Å². The van der Waals surface area contributed by atoms with Gasteiger partial charge < -0.3 is 18.7 Å². The summed E-state index contributed by atoms with van der Waals surface area (Å²) in [6, 6.07) is 12.5. The Kier molecular flexibility index (Phi) is 11.8. The first-order chi connectivity index (χ1) is 29.0. The van der Waals surface area contributed by atoms with Crippen LogP contribution >= 0.6 is 22.7 Å². The Morgan fingerprint density at radius 2 is 0.903 bits per heavy atom. The van der Waals surface area contributed by atoms with Crippen LogP contribution in [0.3, 0.4) is 0 Å². The largest absolute Gasteiger partial charge is 0.414 e. The van der Waals surface area contributed by atoms with Gasteiger partial charge in [0.1, 0.15) is 11.6 Å². The summed E-state index contributed by atoms with van der Waals surface area (Å²) < 4.78 is 19.9. The Labute approximate surface area is 378 Å². The van der Waals surface area contributed by atoms with Crippen molar-refractivity contribution in [3.8, 4) is 10.3 Å². The van der Waals surface area contributed by atoms with E-state index in [1.54, 1.807) is 22.7 Å². The molecular weight excluding hydrogens is 845 g/mol. The molecule has 8 heterocycles. The summed E-state index contributed by atoms with van der Waals surface area (Å²) in [5.74, 6) is 1.29. The third-order valence-corrected chi connectivity index (χ3v) is 25.2. The van der Waals surface area contributed by atoms with Crippen LogP contribution in [-0.4, -0.2) is 89.9 Å². The van der Waals surface area contributed by atoms with Gasteiger partial charge in [-0.25, -0.2) is 9.97 Å². The van der Waals surface area contributed by atoms with Gasteiger partial charge in [0.05, 0.1) is 20.5 Å². The maximum absolute atomic E-state index is 15.7. The van der Waals surface area contributed by atoms with E-state index < -0.39 is 16.6 Å². The van der Waals surface area contributed by atoms with Crippen molar-refractivity contribution in [2.24, 2.45) is 0 Å². The lowest BCUT2D eigenvalue weighted by Crippen LogP contribution is -2.47. The monoisotopic (exact) mass is 910 g/mol. The predicted molar refractivity (Wildman–Crippen MR) is 263 cm³/mol. The fourth-order valence-corrected chi connectivity index (χ4v) is 13.3. The second-order valence-corrected chi connectivity index (χ2v) is 32.2. The van der Waals surface area contributed by atoms with Crippen LogP contribution in [0.15, 0.2) is 36.4 Å². The number of fused-ring (bicyclic) bond motifs is 2. The maximum atomic E-state index is 15.7. The third kappa shape index (κ3) is 8.49. The van der Waals surface area contributed by atoms with E-state index in [-0.39, 0.29) is 28.1 Å². The molecule has 2 aliphatic rings. The van der Waals surface area contributed by atoms with Crippen molar-refractivity contribution < 1.29 is 13.6 Å². The highest BCUT2D eigenvalue weighted by Crippen LogP contribution is 2.42. The Hall–Kier alpha value is -3.74. The molecule has 2 aliphatic heterocycles. The first kappa shape index (κ1) is 44.9. The van der Waals surface area contributed by atoms with Crippen molar-refractivity contribution in [1.82, 2.24) is 29.1 Å². The normalized spacial score (nSPS) is 16.7. The number of pyridine rings is 2. The van der Waals surface area contributed by atoms with Gasteiger partial charge in [0.15, 0.2) is 38.2 Å². The number of nitrogens with zero attached hydrogens (tertiary/aromatic N) is 8. The molecule has 2 saturated heterocycles. The van der Waals surface area contributed by atoms with Crippen molar-refractivity contribution in [2.45, 2.75) is 143 Å². The van der Waals surface area contributed by atoms with Gasteiger partial charge in [0, 0.05) is 61.2 Å². The summed E-state index contributed by atoms with van der Waals surface area (Å²) in [7, 11) is -3.90. The van der Waals surface area contributed by atoms with E-state index in [0.717, 1.165) is 94.3 Å². The number of hydrogen-bond donors (Lipinski definition) is 0. The van der Waals surface area contributed by atoms with Crippen LogP contribution < -0.4 is 9.80 Å². The Morgan fingerprint density at radius 3 is 1.21 bits per heavy atom. The molecule has 2 fully saturated rings. The number of ketones is 1. The van der Waals surface area contributed by atoms with Crippen molar-refractivity contribution >= 4 is 77.4 Å². The second kappa shape index (κ2) is 16.4. The number of aromatic nitrogens is 6. The molecule has 6 aromatic heterocycles. The number of carbonyl (C=O) groups excluding carboxylic acids is 1. The van der Waals surface area contributed by atoms with Crippen LogP contribution in [0.4, 0.5) is 11.6 Å². The van der Waals surface area contributed by atoms with E-state index in [1.807, 2.05) is 12.1 Å². The lowest BCUT2D eigenvalue weighted by atomic mass is 10.0. The number of carbonyl (C=O) groups is 1. The smallest absolute Gasteiger partial charge is 0.200 e. The summed E-state index contributed by atoms with van der Waals surface area (Å²) in [6.45, 7) is 34.5. The summed E-state index contributed by atoms with van der Waals surface area (Å²) in [6.07, 6.45) is 3.84. The molecule has 0 unspecified atom stereocenters. The fourth-order valence-electron chi connectivity index (χ4n) is 8.34. The number of hydrogen-bond acceptors (Lipinski definition) is 11. The van der Waals surface area contributed by atoms with Crippen molar-refractivity contribution in [3.63, 3.8) is 0 Å². The molecule has 0 aliphatic carbocycles. The summed E-state index contributed by atoms with van der Waals surface area (Å²) >= 11 is 3.15. The second-order valence-electron chi connectivity index (χ2n) is 20.7. The highest BCUT2D eigenvalue weighted by molar-refractivity contribution is 7.21. The number of piperidine rings is 2. The molecule has 0 bridgehead atoms. The van der Waals surface area contributed by atoms with Gasteiger partial charge in [-0.15, -0.1) is 0 Å². The van der Waals surface area contributed by atoms with Gasteiger partial charge in [-0.05, 0) is 126 Å². The zero-order chi connectivity index (χ0) is 44.7. The zero-order valence-corrected chi connectivity index (χ0v) is 43.0. The standard InChI is InChI=1S/C47H66N8O3S2Si2/c1-29-15-16-30(2)54(29)44-50-40-37(59-44)27-35(42(48-40)52-23-19-33(20-24-52)57-61(11,12)46(5,6)7)39(56)36-28-38-41(51-45(60-38)55-31(3)17-18-32(55)4)49-43(36)53-25-21-34(22-26-53)58-62(13,14)47(8,9)10/h15-18,27-28,33-34H,19-26H2,1-14H3. The van der Waals surface area contributed by atoms with Crippen LogP contribution in [0.1, 0.15) is 106 Å². The summed E-state index contributed by atoms with van der Waals surface area (Å²) in [4.78, 5) is 41.0. The Balaban J connectivity index is 1.21. The Bertz CT molecular complexity index is 2410. The average Bonchev–Trinajstić information content (AvgIpc) is 3.97. The molecule has 15 heteroatoms. The fraction of sp³-hybridized carbons (Fsp3) is 0.553. The first-order valence-electron chi connectivity index (χ1n) is 22.4. The minimum absolute atomic E-state index is 0.0790. The number of rotatable bonds is 10. The molecule has 62 heavy (non-hydrogen) atoms. The SMILES string of the molecule is Cc1ccc(C)n1-c1nc2nc(N3CCC(O[Si](C)(C)C(C)(C)C)CC3)c(C(=O)c3cc4sc(-n5c(C)ccc5C)nc4nc3N3CCC(O[Si](C)(C)C(C)(C)C)CC3)cc2s1. The van der Waals surface area contributed by atoms with Gasteiger partial charge in [-0.2, -0.15) is 9.97 Å². The van der Waals surface area contributed by atoms with Gasteiger partial charge in [-0.3, -0.25) is 13.9 Å². The molecule has 0 amide bonds. The van der Waals surface area contributed by atoms with E-state index in [4.69, 9.17) is 28.8 Å². The van der Waals surface area contributed by atoms with Gasteiger partial charge in [0.25, 0.3) is 0 Å². The molecule has 0 spiro atoms. The molecule has 8 rings (SSSR count). The van der Waals surface area contributed by atoms with E-state index in [2.05, 4.69) is 139 Å². The quantitative estimate of drug-likeness (QED) is 0.0981.